The first-order valence-corrected chi connectivity index (χ1v) is 6.70. The van der Waals surface area contributed by atoms with E-state index in [0.29, 0.717) is 6.61 Å². The maximum Gasteiger partial charge on any atom is 0.123 e. The van der Waals surface area contributed by atoms with Crippen LogP contribution in [0.5, 0.6) is 5.75 Å². The average molecular weight is 305 g/mol. The zero-order valence-corrected chi connectivity index (χ0v) is 11.3. The topological polar surface area (TPSA) is 29.5 Å². The normalized spacial score (nSPS) is 22.1. The highest BCUT2D eigenvalue weighted by Crippen LogP contribution is 2.39. The van der Waals surface area contributed by atoms with E-state index in [1.54, 1.807) is 0 Å². The number of rotatable bonds is 1. The largest absolute Gasteiger partial charge is 0.491 e. The van der Waals surface area contributed by atoms with Crippen molar-refractivity contribution in [1.82, 2.24) is 0 Å². The van der Waals surface area contributed by atoms with Crippen LogP contribution in [0, 0.1) is 0 Å². The van der Waals surface area contributed by atoms with Gasteiger partial charge in [-0.15, -0.1) is 0 Å². The third-order valence-corrected chi connectivity index (χ3v) is 3.75. The van der Waals surface area contributed by atoms with Gasteiger partial charge in [0.2, 0.25) is 0 Å². The molecule has 0 radical (unpaired) electrons. The molecule has 3 heteroatoms. The third kappa shape index (κ3) is 2.04. The van der Waals surface area contributed by atoms with Gasteiger partial charge < -0.3 is 9.84 Å². The molecule has 2 aromatic rings. The number of hydrogen-bond donors (Lipinski definition) is 1. The highest BCUT2D eigenvalue weighted by molar-refractivity contribution is 9.10. The van der Waals surface area contributed by atoms with Gasteiger partial charge in [0.25, 0.3) is 0 Å². The van der Waals surface area contributed by atoms with Crippen molar-refractivity contribution >= 4 is 15.9 Å². The van der Waals surface area contributed by atoms with Crippen LogP contribution in [0.2, 0.25) is 0 Å². The molecule has 0 spiro atoms. The first-order chi connectivity index (χ1) is 8.75. The maximum absolute atomic E-state index is 10.2. The van der Waals surface area contributed by atoms with Crippen LogP contribution in [0.3, 0.4) is 0 Å². The van der Waals surface area contributed by atoms with Gasteiger partial charge in [0.05, 0.1) is 6.10 Å². The minimum atomic E-state index is -0.505. The summed E-state index contributed by atoms with van der Waals surface area (Å²) in [4.78, 5) is 0. The van der Waals surface area contributed by atoms with Gasteiger partial charge in [-0.3, -0.25) is 0 Å². The Balaban J connectivity index is 2.12. The minimum Gasteiger partial charge on any atom is -0.491 e. The second kappa shape index (κ2) is 4.75. The summed E-state index contributed by atoms with van der Waals surface area (Å²) in [5.41, 5.74) is 2.15. The van der Waals surface area contributed by atoms with Crippen LogP contribution in [0.1, 0.15) is 17.0 Å². The van der Waals surface area contributed by atoms with E-state index in [0.717, 1.165) is 21.3 Å². The predicted octanol–water partition coefficient (Wildman–Crippen LogP) is 3.33. The van der Waals surface area contributed by atoms with Gasteiger partial charge in [0.1, 0.15) is 12.4 Å². The minimum absolute atomic E-state index is 0.0209. The van der Waals surface area contributed by atoms with Crippen LogP contribution in [-0.2, 0) is 0 Å². The van der Waals surface area contributed by atoms with Gasteiger partial charge in [0.15, 0.2) is 0 Å². The molecule has 1 N–H and O–H groups in total. The monoisotopic (exact) mass is 304 g/mol. The smallest absolute Gasteiger partial charge is 0.123 e. The SMILES string of the molecule is O[C@@H]1COc2ccc(Br)cc2[C@H]1c1ccccc1. The van der Waals surface area contributed by atoms with Crippen molar-refractivity contribution in [3.63, 3.8) is 0 Å². The molecule has 0 fully saturated rings. The molecule has 3 rings (SSSR count). The van der Waals surface area contributed by atoms with Gasteiger partial charge in [-0.2, -0.15) is 0 Å². The summed E-state index contributed by atoms with van der Waals surface area (Å²) >= 11 is 3.47. The van der Waals surface area contributed by atoms with E-state index in [1.165, 1.54) is 0 Å². The van der Waals surface area contributed by atoms with E-state index < -0.39 is 6.10 Å². The fraction of sp³-hybridized carbons (Fsp3) is 0.200. The summed E-state index contributed by atoms with van der Waals surface area (Å²) in [5.74, 6) is 0.838. The predicted molar refractivity (Wildman–Crippen MR) is 73.9 cm³/mol. The first kappa shape index (κ1) is 11.8. The fourth-order valence-corrected chi connectivity index (χ4v) is 2.81. The molecule has 2 aromatic carbocycles. The van der Waals surface area contributed by atoms with Crippen molar-refractivity contribution in [3.05, 3.63) is 64.1 Å². The lowest BCUT2D eigenvalue weighted by Gasteiger charge is -2.31. The Kier molecular flexibility index (Phi) is 3.10. The van der Waals surface area contributed by atoms with Crippen LogP contribution in [0.15, 0.2) is 53.0 Å². The standard InChI is InChI=1S/C15H13BrO2/c16-11-6-7-14-12(8-11)15(13(17)9-18-14)10-4-2-1-3-5-10/h1-8,13,15,17H,9H2/t13-,15-/m1/s1. The Morgan fingerprint density at radius 1 is 1.11 bits per heavy atom. The number of aliphatic hydroxyl groups excluding tert-OH is 1. The van der Waals surface area contributed by atoms with Crippen LogP contribution in [-0.4, -0.2) is 17.8 Å². The zero-order chi connectivity index (χ0) is 12.5. The number of halogens is 1. The Morgan fingerprint density at radius 3 is 2.67 bits per heavy atom. The van der Waals surface area contributed by atoms with Crippen LogP contribution >= 0.6 is 15.9 Å². The van der Waals surface area contributed by atoms with E-state index >= 15 is 0 Å². The molecule has 0 aromatic heterocycles. The summed E-state index contributed by atoms with van der Waals surface area (Å²) in [5, 5.41) is 10.2. The molecule has 18 heavy (non-hydrogen) atoms. The number of benzene rings is 2. The fourth-order valence-electron chi connectivity index (χ4n) is 2.43. The Labute approximate surface area is 114 Å². The van der Waals surface area contributed by atoms with Crippen molar-refractivity contribution in [2.24, 2.45) is 0 Å². The van der Waals surface area contributed by atoms with Crippen molar-refractivity contribution in [1.29, 1.82) is 0 Å². The summed E-state index contributed by atoms with van der Waals surface area (Å²) < 4.78 is 6.57. The molecular formula is C15H13BrO2. The molecule has 1 heterocycles. The number of aliphatic hydroxyl groups is 1. The molecule has 1 aliphatic rings. The summed E-state index contributed by atoms with van der Waals surface area (Å²) in [6.07, 6.45) is -0.505. The van der Waals surface area contributed by atoms with Crippen molar-refractivity contribution in [2.45, 2.75) is 12.0 Å². The number of hydrogen-bond acceptors (Lipinski definition) is 2. The van der Waals surface area contributed by atoms with Gasteiger partial charge in [0, 0.05) is 16.0 Å². The first-order valence-electron chi connectivity index (χ1n) is 5.91. The molecule has 0 saturated carbocycles. The maximum atomic E-state index is 10.2. The second-order valence-corrected chi connectivity index (χ2v) is 5.36. The second-order valence-electron chi connectivity index (χ2n) is 4.45. The molecule has 0 bridgehead atoms. The van der Waals surface area contributed by atoms with Crippen LogP contribution < -0.4 is 4.74 Å². The quantitative estimate of drug-likeness (QED) is 0.875. The van der Waals surface area contributed by atoms with E-state index in [1.807, 2.05) is 48.5 Å². The summed E-state index contributed by atoms with van der Waals surface area (Å²) in [6.45, 7) is 0.341. The molecule has 0 aliphatic carbocycles. The van der Waals surface area contributed by atoms with Crippen molar-refractivity contribution in [3.8, 4) is 5.75 Å². The van der Waals surface area contributed by atoms with Gasteiger partial charge in [-0.25, -0.2) is 0 Å². The van der Waals surface area contributed by atoms with E-state index in [9.17, 15) is 5.11 Å². The van der Waals surface area contributed by atoms with Gasteiger partial charge in [-0.05, 0) is 23.8 Å². The zero-order valence-electron chi connectivity index (χ0n) is 9.71. The molecule has 0 saturated heterocycles. The molecule has 2 atom stereocenters. The Bertz CT molecular complexity index is 554. The Hall–Kier alpha value is -1.32. The molecule has 2 nitrogen and oxygen atoms in total. The number of ether oxygens (including phenoxy) is 1. The van der Waals surface area contributed by atoms with Crippen LogP contribution in [0.25, 0.3) is 0 Å². The molecular weight excluding hydrogens is 292 g/mol. The van der Waals surface area contributed by atoms with E-state index in [2.05, 4.69) is 15.9 Å². The van der Waals surface area contributed by atoms with E-state index in [-0.39, 0.29) is 5.92 Å². The third-order valence-electron chi connectivity index (χ3n) is 3.26. The molecule has 0 amide bonds. The lowest BCUT2D eigenvalue weighted by atomic mass is 9.85. The van der Waals surface area contributed by atoms with Gasteiger partial charge in [-0.1, -0.05) is 46.3 Å². The highest BCUT2D eigenvalue weighted by atomic mass is 79.9. The summed E-state index contributed by atoms with van der Waals surface area (Å²) in [6, 6.07) is 16.0. The number of fused-ring (bicyclic) bond motifs is 1. The van der Waals surface area contributed by atoms with Crippen LogP contribution in [0.4, 0.5) is 0 Å². The molecule has 1 aliphatic heterocycles. The summed E-state index contributed by atoms with van der Waals surface area (Å²) in [7, 11) is 0. The van der Waals surface area contributed by atoms with Gasteiger partial charge >= 0.3 is 0 Å². The lowest BCUT2D eigenvalue weighted by molar-refractivity contribution is 0.0771. The Morgan fingerprint density at radius 2 is 1.89 bits per heavy atom. The molecule has 92 valence electrons. The molecule has 0 unspecified atom stereocenters. The van der Waals surface area contributed by atoms with Crippen molar-refractivity contribution in [2.75, 3.05) is 6.61 Å². The highest BCUT2D eigenvalue weighted by Gasteiger charge is 2.30. The van der Waals surface area contributed by atoms with Crippen molar-refractivity contribution < 1.29 is 9.84 Å². The lowest BCUT2D eigenvalue weighted by Crippen LogP contribution is -2.31. The average Bonchev–Trinajstić information content (AvgIpc) is 2.39. The van der Waals surface area contributed by atoms with E-state index in [4.69, 9.17) is 4.74 Å².